The van der Waals surface area contributed by atoms with Crippen LogP contribution in [0.15, 0.2) is 29.4 Å². The van der Waals surface area contributed by atoms with E-state index in [-0.39, 0.29) is 35.1 Å². The SMILES string of the molecule is [N-]=[N+]=Nc1ccc(C(=O)[O-])cc1.[Na+]. The summed E-state index contributed by atoms with van der Waals surface area (Å²) in [6, 6.07) is 5.45. The molecule has 0 aliphatic heterocycles. The fraction of sp³-hybridized carbons (Fsp3) is 0. The van der Waals surface area contributed by atoms with Crippen LogP contribution in [0.3, 0.4) is 0 Å². The van der Waals surface area contributed by atoms with Crippen molar-refractivity contribution in [1.29, 1.82) is 0 Å². The van der Waals surface area contributed by atoms with Crippen molar-refractivity contribution in [1.82, 2.24) is 0 Å². The molecule has 1 aromatic carbocycles. The third-order valence-electron chi connectivity index (χ3n) is 1.26. The molecule has 0 N–H and O–H groups in total. The maximum absolute atomic E-state index is 10.3. The zero-order valence-electron chi connectivity index (χ0n) is 6.97. The van der Waals surface area contributed by atoms with Gasteiger partial charge in [0.05, 0.1) is 5.97 Å². The quantitative estimate of drug-likeness (QED) is 0.231. The first-order valence-corrected chi connectivity index (χ1v) is 3.10. The van der Waals surface area contributed by atoms with Crippen LogP contribution in [-0.2, 0) is 0 Å². The number of carbonyl (C=O) groups excluding carboxylic acids is 1. The van der Waals surface area contributed by atoms with E-state index in [1.807, 2.05) is 0 Å². The second-order valence-electron chi connectivity index (χ2n) is 2.02. The average Bonchev–Trinajstić information content (AvgIpc) is 2.06. The second-order valence-corrected chi connectivity index (χ2v) is 2.02. The summed E-state index contributed by atoms with van der Waals surface area (Å²) in [6.45, 7) is 0. The number of hydrogen-bond donors (Lipinski definition) is 0. The second kappa shape index (κ2) is 5.61. The molecule has 0 radical (unpaired) electrons. The molecule has 0 aromatic heterocycles. The van der Waals surface area contributed by atoms with Gasteiger partial charge in [0, 0.05) is 10.6 Å². The zero-order valence-corrected chi connectivity index (χ0v) is 8.97. The third-order valence-corrected chi connectivity index (χ3v) is 1.26. The molecule has 0 atom stereocenters. The van der Waals surface area contributed by atoms with Gasteiger partial charge in [0.25, 0.3) is 0 Å². The summed E-state index contributed by atoms with van der Waals surface area (Å²) in [5, 5.41) is 13.5. The minimum atomic E-state index is -1.25. The zero-order chi connectivity index (χ0) is 8.97. The molecule has 0 amide bonds. The van der Waals surface area contributed by atoms with E-state index < -0.39 is 5.97 Å². The predicted octanol–water partition coefficient (Wildman–Crippen LogP) is -2.00. The number of benzene rings is 1. The van der Waals surface area contributed by atoms with Crippen LogP contribution < -0.4 is 34.7 Å². The molecule has 6 heteroatoms. The normalized spacial score (nSPS) is 8.00. The van der Waals surface area contributed by atoms with Crippen LogP contribution in [-0.4, -0.2) is 5.97 Å². The molecule has 1 aromatic rings. The van der Waals surface area contributed by atoms with Crippen LogP contribution in [0.4, 0.5) is 5.69 Å². The molecular weight excluding hydrogens is 181 g/mol. The number of hydrogen-bond acceptors (Lipinski definition) is 3. The summed E-state index contributed by atoms with van der Waals surface area (Å²) in [5.41, 5.74) is 8.47. The van der Waals surface area contributed by atoms with Gasteiger partial charge in [-0.3, -0.25) is 0 Å². The monoisotopic (exact) mass is 185 g/mol. The van der Waals surface area contributed by atoms with Crippen molar-refractivity contribution in [3.8, 4) is 0 Å². The molecule has 0 spiro atoms. The fourth-order valence-electron chi connectivity index (χ4n) is 0.716. The number of azide groups is 1. The van der Waals surface area contributed by atoms with E-state index >= 15 is 0 Å². The Morgan fingerprint density at radius 3 is 2.31 bits per heavy atom. The van der Waals surface area contributed by atoms with E-state index in [9.17, 15) is 9.90 Å². The van der Waals surface area contributed by atoms with Gasteiger partial charge in [-0.05, 0) is 11.1 Å². The maximum Gasteiger partial charge on any atom is 1.00 e. The summed E-state index contributed by atoms with van der Waals surface area (Å²) in [7, 11) is 0. The molecule has 0 saturated heterocycles. The van der Waals surface area contributed by atoms with Crippen molar-refractivity contribution in [3.63, 3.8) is 0 Å². The van der Waals surface area contributed by atoms with Gasteiger partial charge in [-0.25, -0.2) is 0 Å². The topological polar surface area (TPSA) is 88.9 Å². The Labute approximate surface area is 96.3 Å². The number of carbonyl (C=O) groups is 1. The Morgan fingerprint density at radius 2 is 1.92 bits per heavy atom. The van der Waals surface area contributed by atoms with E-state index in [4.69, 9.17) is 5.53 Å². The van der Waals surface area contributed by atoms with E-state index in [2.05, 4.69) is 10.0 Å². The van der Waals surface area contributed by atoms with Gasteiger partial charge in [0.1, 0.15) is 0 Å². The summed E-state index contributed by atoms with van der Waals surface area (Å²) in [6.07, 6.45) is 0. The number of aromatic carboxylic acids is 1. The van der Waals surface area contributed by atoms with Crippen molar-refractivity contribution in [3.05, 3.63) is 40.3 Å². The van der Waals surface area contributed by atoms with E-state index in [0.717, 1.165) is 0 Å². The molecular formula is C7H4N3NaO2. The first-order valence-electron chi connectivity index (χ1n) is 3.10. The summed E-state index contributed by atoms with van der Waals surface area (Å²) >= 11 is 0. The molecule has 0 saturated carbocycles. The fourth-order valence-corrected chi connectivity index (χ4v) is 0.716. The van der Waals surface area contributed by atoms with Gasteiger partial charge in [-0.1, -0.05) is 29.4 Å². The first kappa shape index (κ1) is 12.0. The Bertz CT molecular complexity index is 322. The molecule has 1 rings (SSSR count). The van der Waals surface area contributed by atoms with E-state index in [1.165, 1.54) is 24.3 Å². The number of nitrogens with zero attached hydrogens (tertiary/aromatic N) is 3. The summed E-state index contributed by atoms with van der Waals surface area (Å²) in [4.78, 5) is 12.8. The predicted molar refractivity (Wildman–Crippen MR) is 39.6 cm³/mol. The third kappa shape index (κ3) is 3.48. The van der Waals surface area contributed by atoms with Gasteiger partial charge in [-0.2, -0.15) is 0 Å². The standard InChI is InChI=1S/C7H5N3O2.Na/c8-10-9-6-3-1-5(2-4-6)7(11)12;/h1-4H,(H,11,12);/q;+1/p-1. The largest absolute Gasteiger partial charge is 1.00 e. The van der Waals surface area contributed by atoms with Crippen molar-refractivity contribution >= 4 is 11.7 Å². The van der Waals surface area contributed by atoms with Gasteiger partial charge in [0.2, 0.25) is 0 Å². The minimum Gasteiger partial charge on any atom is -0.545 e. The van der Waals surface area contributed by atoms with Crippen molar-refractivity contribution in [2.24, 2.45) is 5.11 Å². The number of carboxylic acid groups (broad SMARTS) is 1. The van der Waals surface area contributed by atoms with Crippen molar-refractivity contribution < 1.29 is 39.5 Å². The van der Waals surface area contributed by atoms with Crippen LogP contribution in [0.1, 0.15) is 10.4 Å². The molecule has 0 aliphatic carbocycles. The smallest absolute Gasteiger partial charge is 0.545 e. The van der Waals surface area contributed by atoms with Gasteiger partial charge in [-0.15, -0.1) is 0 Å². The van der Waals surface area contributed by atoms with Crippen LogP contribution in [0.2, 0.25) is 0 Å². The van der Waals surface area contributed by atoms with Crippen LogP contribution in [0, 0.1) is 0 Å². The average molecular weight is 185 g/mol. The molecule has 5 nitrogen and oxygen atoms in total. The van der Waals surface area contributed by atoms with Gasteiger partial charge in [0.15, 0.2) is 0 Å². The van der Waals surface area contributed by atoms with Crippen molar-refractivity contribution in [2.75, 3.05) is 0 Å². The minimum absolute atomic E-state index is 0. The van der Waals surface area contributed by atoms with Crippen LogP contribution in [0.5, 0.6) is 0 Å². The van der Waals surface area contributed by atoms with E-state index in [1.54, 1.807) is 0 Å². The Balaban J connectivity index is 0.00000144. The van der Waals surface area contributed by atoms with Crippen molar-refractivity contribution in [2.45, 2.75) is 0 Å². The molecule has 0 fully saturated rings. The maximum atomic E-state index is 10.3. The molecule has 0 heterocycles. The van der Waals surface area contributed by atoms with Gasteiger partial charge >= 0.3 is 29.6 Å². The molecule has 60 valence electrons. The van der Waals surface area contributed by atoms with Gasteiger partial charge < -0.3 is 9.90 Å². The number of carboxylic acids is 1. The number of rotatable bonds is 2. The first-order chi connectivity index (χ1) is 5.74. The molecule has 13 heavy (non-hydrogen) atoms. The van der Waals surface area contributed by atoms with Crippen LogP contribution in [0.25, 0.3) is 10.4 Å². The van der Waals surface area contributed by atoms with E-state index in [0.29, 0.717) is 5.69 Å². The van der Waals surface area contributed by atoms with Crippen LogP contribution >= 0.6 is 0 Å². The molecule has 0 unspecified atom stereocenters. The summed E-state index contributed by atoms with van der Waals surface area (Å²) < 4.78 is 0. The Morgan fingerprint density at radius 1 is 1.38 bits per heavy atom. The molecule has 0 aliphatic rings. The molecule has 0 bridgehead atoms. The Hall–Kier alpha value is -1.000. The summed E-state index contributed by atoms with van der Waals surface area (Å²) in [5.74, 6) is -1.25. The Kier molecular flexibility index (Phi) is 5.18.